The fourth-order valence-corrected chi connectivity index (χ4v) is 4.90. The summed E-state index contributed by atoms with van der Waals surface area (Å²) in [7, 11) is -7.64. The number of anilines is 3. The van der Waals surface area contributed by atoms with E-state index in [0.717, 1.165) is 14.1 Å². The molecular weight excluding hydrogens is 581 g/mol. The van der Waals surface area contributed by atoms with Crippen LogP contribution in [0, 0.1) is 10.5 Å². The van der Waals surface area contributed by atoms with E-state index < -0.39 is 32.5 Å². The van der Waals surface area contributed by atoms with Gasteiger partial charge in [0.2, 0.25) is 21.9 Å². The molecule has 2 N–H and O–H groups in total. The second-order valence-electron chi connectivity index (χ2n) is 6.95. The molecule has 0 aliphatic heterocycles. The SMILES string of the molecule is Cc1ccnc(NS(=O)(=O)c2ccc(NC(=O)CN(c3ccc(I)cc3)S(C)(=O)=O)cc2)n1. The molecule has 1 aromatic heterocycles. The van der Waals surface area contributed by atoms with Crippen LogP contribution >= 0.6 is 22.6 Å². The van der Waals surface area contributed by atoms with Crippen molar-refractivity contribution in [3.63, 3.8) is 0 Å². The van der Waals surface area contributed by atoms with Gasteiger partial charge in [-0.05, 0) is 84.1 Å². The molecular formula is C20H20IN5O5S2. The summed E-state index contributed by atoms with van der Waals surface area (Å²) in [6.07, 6.45) is 2.46. The molecule has 3 rings (SSSR count). The maximum atomic E-state index is 12.5. The van der Waals surface area contributed by atoms with Crippen LogP contribution in [0.4, 0.5) is 17.3 Å². The van der Waals surface area contributed by atoms with E-state index in [1.807, 2.05) is 0 Å². The highest BCUT2D eigenvalue weighted by Crippen LogP contribution is 2.20. The Bertz CT molecular complexity index is 1360. The Hall–Kier alpha value is -2.78. The van der Waals surface area contributed by atoms with Crippen LogP contribution in [0.1, 0.15) is 5.69 Å². The molecule has 0 aliphatic rings. The minimum atomic E-state index is -3.93. The summed E-state index contributed by atoms with van der Waals surface area (Å²) in [5.41, 5.74) is 1.27. The zero-order valence-corrected chi connectivity index (χ0v) is 21.3. The van der Waals surface area contributed by atoms with Gasteiger partial charge in [0, 0.05) is 21.1 Å². The first kappa shape index (κ1) is 24.9. The molecule has 10 nitrogen and oxygen atoms in total. The van der Waals surface area contributed by atoms with Crippen molar-refractivity contribution in [2.24, 2.45) is 0 Å². The Morgan fingerprint density at radius 1 is 1.00 bits per heavy atom. The van der Waals surface area contributed by atoms with Crippen molar-refractivity contribution < 1.29 is 21.6 Å². The highest BCUT2D eigenvalue weighted by Gasteiger charge is 2.21. The minimum absolute atomic E-state index is 0.0520. The predicted molar refractivity (Wildman–Crippen MR) is 134 cm³/mol. The lowest BCUT2D eigenvalue weighted by Gasteiger charge is -2.22. The van der Waals surface area contributed by atoms with Crippen molar-refractivity contribution in [1.29, 1.82) is 0 Å². The van der Waals surface area contributed by atoms with E-state index in [1.165, 1.54) is 30.5 Å². The lowest BCUT2D eigenvalue weighted by molar-refractivity contribution is -0.114. The molecule has 0 bridgehead atoms. The van der Waals surface area contributed by atoms with Gasteiger partial charge < -0.3 is 5.32 Å². The average Bonchev–Trinajstić information content (AvgIpc) is 2.72. The van der Waals surface area contributed by atoms with E-state index in [0.29, 0.717) is 17.1 Å². The molecule has 0 spiro atoms. The molecule has 1 heterocycles. The fraction of sp³-hybridized carbons (Fsp3) is 0.150. The lowest BCUT2D eigenvalue weighted by atomic mass is 10.3. The number of halogens is 1. The number of nitrogens with one attached hydrogen (secondary N) is 2. The molecule has 33 heavy (non-hydrogen) atoms. The number of carbonyl (C=O) groups excluding carboxylic acids is 1. The smallest absolute Gasteiger partial charge is 0.264 e. The summed E-state index contributed by atoms with van der Waals surface area (Å²) >= 11 is 2.10. The normalized spacial score (nSPS) is 11.6. The van der Waals surface area contributed by atoms with Gasteiger partial charge in [0.1, 0.15) is 6.54 Å². The Balaban J connectivity index is 1.70. The Labute approximate surface area is 205 Å². The molecule has 13 heteroatoms. The van der Waals surface area contributed by atoms with Gasteiger partial charge in [0.05, 0.1) is 16.8 Å². The summed E-state index contributed by atoms with van der Waals surface area (Å²) in [6.45, 7) is 1.27. The zero-order chi connectivity index (χ0) is 24.2. The third kappa shape index (κ3) is 6.85. The number of benzene rings is 2. The number of nitrogens with zero attached hydrogens (tertiary/aromatic N) is 3. The van der Waals surface area contributed by atoms with Crippen molar-refractivity contribution in [3.05, 3.63) is 70.1 Å². The molecule has 174 valence electrons. The molecule has 3 aromatic rings. The largest absolute Gasteiger partial charge is 0.325 e. The van der Waals surface area contributed by atoms with E-state index in [2.05, 4.69) is 42.6 Å². The van der Waals surface area contributed by atoms with Gasteiger partial charge in [-0.1, -0.05) is 0 Å². The fourth-order valence-electron chi connectivity index (χ4n) is 2.73. The highest BCUT2D eigenvalue weighted by molar-refractivity contribution is 14.1. The second kappa shape index (κ2) is 10.0. The third-order valence-corrected chi connectivity index (χ3v) is 7.47. The van der Waals surface area contributed by atoms with E-state index in [-0.39, 0.29) is 10.8 Å². The predicted octanol–water partition coefficient (Wildman–Crippen LogP) is 2.60. The second-order valence-corrected chi connectivity index (χ2v) is 11.8. The summed E-state index contributed by atoms with van der Waals surface area (Å²) in [5.74, 6) is -0.635. The van der Waals surface area contributed by atoms with Crippen molar-refractivity contribution in [2.75, 3.05) is 27.1 Å². The number of aromatic nitrogens is 2. The van der Waals surface area contributed by atoms with Gasteiger partial charge >= 0.3 is 0 Å². The Morgan fingerprint density at radius 2 is 1.64 bits per heavy atom. The van der Waals surface area contributed by atoms with Crippen LogP contribution in [0.15, 0.2) is 65.7 Å². The Morgan fingerprint density at radius 3 is 2.21 bits per heavy atom. The number of sulfonamides is 2. The van der Waals surface area contributed by atoms with Crippen LogP contribution in [0.3, 0.4) is 0 Å². The molecule has 0 unspecified atom stereocenters. The number of hydrogen-bond acceptors (Lipinski definition) is 7. The van der Waals surface area contributed by atoms with Gasteiger partial charge in [0.15, 0.2) is 0 Å². The van der Waals surface area contributed by atoms with Crippen molar-refractivity contribution >= 4 is 65.9 Å². The summed E-state index contributed by atoms with van der Waals surface area (Å²) in [5, 5.41) is 2.58. The first-order chi connectivity index (χ1) is 15.4. The van der Waals surface area contributed by atoms with Crippen LogP contribution in [-0.2, 0) is 24.8 Å². The highest BCUT2D eigenvalue weighted by atomic mass is 127. The zero-order valence-electron chi connectivity index (χ0n) is 17.6. The number of rotatable bonds is 8. The van der Waals surface area contributed by atoms with Gasteiger partial charge in [-0.25, -0.2) is 31.5 Å². The lowest BCUT2D eigenvalue weighted by Crippen LogP contribution is -2.37. The quantitative estimate of drug-likeness (QED) is 0.379. The number of aryl methyl sites for hydroxylation is 1. The van der Waals surface area contributed by atoms with Crippen molar-refractivity contribution in [2.45, 2.75) is 11.8 Å². The van der Waals surface area contributed by atoms with Gasteiger partial charge in [-0.2, -0.15) is 0 Å². The molecule has 0 atom stereocenters. The number of hydrogen-bond donors (Lipinski definition) is 2. The molecule has 0 aliphatic carbocycles. The van der Waals surface area contributed by atoms with E-state index in [4.69, 9.17) is 0 Å². The molecule has 0 saturated heterocycles. The average molecular weight is 601 g/mol. The molecule has 0 saturated carbocycles. The van der Waals surface area contributed by atoms with Gasteiger partial charge in [-0.15, -0.1) is 0 Å². The standard InChI is InChI=1S/C20H20IN5O5S2/c1-14-11-12-22-20(23-14)25-33(30,31)18-9-5-16(6-10-18)24-19(27)13-26(32(2,28)29)17-7-3-15(21)4-8-17/h3-12H,13H2,1-2H3,(H,24,27)(H,22,23,25). The minimum Gasteiger partial charge on any atom is -0.325 e. The molecule has 2 aromatic carbocycles. The van der Waals surface area contributed by atoms with Gasteiger partial charge in [0.25, 0.3) is 10.0 Å². The van der Waals surface area contributed by atoms with Crippen LogP contribution < -0.4 is 14.3 Å². The summed E-state index contributed by atoms with van der Waals surface area (Å²) in [6, 6.07) is 13.8. The number of amides is 1. The maximum absolute atomic E-state index is 12.5. The molecule has 1 amide bonds. The van der Waals surface area contributed by atoms with Crippen molar-refractivity contribution in [3.8, 4) is 0 Å². The maximum Gasteiger partial charge on any atom is 0.264 e. The van der Waals surface area contributed by atoms with Crippen LogP contribution in [-0.4, -0.2) is 45.5 Å². The van der Waals surface area contributed by atoms with Crippen LogP contribution in [0.5, 0.6) is 0 Å². The first-order valence-corrected chi connectivity index (χ1v) is 13.8. The van der Waals surface area contributed by atoms with E-state index in [1.54, 1.807) is 37.3 Å². The topological polar surface area (TPSA) is 138 Å². The monoisotopic (exact) mass is 601 g/mol. The third-order valence-electron chi connectivity index (χ3n) is 4.27. The van der Waals surface area contributed by atoms with Crippen LogP contribution in [0.25, 0.3) is 0 Å². The molecule has 0 fully saturated rings. The van der Waals surface area contributed by atoms with Crippen molar-refractivity contribution in [1.82, 2.24) is 9.97 Å². The molecule has 0 radical (unpaired) electrons. The van der Waals surface area contributed by atoms with Crippen LogP contribution in [0.2, 0.25) is 0 Å². The Kier molecular flexibility index (Phi) is 7.54. The number of carbonyl (C=O) groups is 1. The summed E-state index contributed by atoms with van der Waals surface area (Å²) < 4.78 is 53.6. The first-order valence-electron chi connectivity index (χ1n) is 9.40. The van der Waals surface area contributed by atoms with E-state index in [9.17, 15) is 21.6 Å². The van der Waals surface area contributed by atoms with E-state index >= 15 is 0 Å². The van der Waals surface area contributed by atoms with Gasteiger partial charge in [-0.3, -0.25) is 9.10 Å². The summed E-state index contributed by atoms with van der Waals surface area (Å²) in [4.78, 5) is 20.3.